The van der Waals surface area contributed by atoms with E-state index in [9.17, 15) is 0 Å². The molecule has 0 radical (unpaired) electrons. The van der Waals surface area contributed by atoms with Gasteiger partial charge in [-0.1, -0.05) is 60.7 Å². The van der Waals surface area contributed by atoms with Crippen molar-refractivity contribution < 1.29 is 9.47 Å². The largest absolute Gasteiger partial charge is 0.347 e. The van der Waals surface area contributed by atoms with Crippen LogP contribution in [-0.4, -0.2) is 24.7 Å². The number of ether oxygens (including phenoxy) is 2. The standard InChI is InChI=1S/C19H21NO2/c1-19(2)21-14-17(22-19)13-20-18(15-9-5-3-6-10-15)16-11-7-4-8-12-16/h3-13,17-18H,14H2,1-2H3/t17-/m1/s1. The lowest BCUT2D eigenvalue weighted by Crippen LogP contribution is -2.22. The zero-order chi connectivity index (χ0) is 15.4. The zero-order valence-corrected chi connectivity index (χ0v) is 13.0. The van der Waals surface area contributed by atoms with E-state index in [-0.39, 0.29) is 12.1 Å². The average molecular weight is 295 g/mol. The topological polar surface area (TPSA) is 30.8 Å². The van der Waals surface area contributed by atoms with Crippen LogP contribution in [0.15, 0.2) is 65.7 Å². The normalized spacial score (nSPS) is 20.8. The Morgan fingerprint density at radius 3 is 2.00 bits per heavy atom. The molecular weight excluding hydrogens is 274 g/mol. The smallest absolute Gasteiger partial charge is 0.163 e. The lowest BCUT2D eigenvalue weighted by atomic mass is 9.99. The molecule has 2 aromatic rings. The van der Waals surface area contributed by atoms with Gasteiger partial charge in [0, 0.05) is 6.21 Å². The summed E-state index contributed by atoms with van der Waals surface area (Å²) in [6, 6.07) is 20.6. The minimum absolute atomic E-state index is 0.0188. The minimum atomic E-state index is -0.522. The highest BCUT2D eigenvalue weighted by atomic mass is 16.7. The number of aliphatic imine (C=N–C) groups is 1. The fourth-order valence-corrected chi connectivity index (χ4v) is 2.61. The van der Waals surface area contributed by atoms with Crippen LogP contribution < -0.4 is 0 Å². The molecule has 3 nitrogen and oxygen atoms in total. The molecule has 1 atom stereocenters. The first-order valence-corrected chi connectivity index (χ1v) is 7.59. The molecule has 0 aliphatic carbocycles. The summed E-state index contributed by atoms with van der Waals surface area (Å²) in [5.41, 5.74) is 2.34. The lowest BCUT2D eigenvalue weighted by Gasteiger charge is -2.16. The Bertz CT molecular complexity index is 583. The summed E-state index contributed by atoms with van der Waals surface area (Å²) in [5, 5.41) is 0. The summed E-state index contributed by atoms with van der Waals surface area (Å²) in [6.07, 6.45) is 1.78. The third-order valence-electron chi connectivity index (χ3n) is 3.66. The molecule has 0 spiro atoms. The van der Waals surface area contributed by atoms with Gasteiger partial charge in [0.25, 0.3) is 0 Å². The number of benzene rings is 2. The van der Waals surface area contributed by atoms with E-state index in [4.69, 9.17) is 14.5 Å². The van der Waals surface area contributed by atoms with E-state index in [1.807, 2.05) is 56.5 Å². The summed E-state index contributed by atoms with van der Waals surface area (Å²) in [5.74, 6) is -0.522. The van der Waals surface area contributed by atoms with Crippen LogP contribution in [0, 0.1) is 0 Å². The van der Waals surface area contributed by atoms with Crippen molar-refractivity contribution in [2.75, 3.05) is 6.61 Å². The number of nitrogens with zero attached hydrogens (tertiary/aromatic N) is 1. The first-order valence-electron chi connectivity index (χ1n) is 7.59. The lowest BCUT2D eigenvalue weighted by molar-refractivity contribution is -0.130. The van der Waals surface area contributed by atoms with Gasteiger partial charge in [0.15, 0.2) is 5.79 Å². The Labute approximate surface area is 131 Å². The van der Waals surface area contributed by atoms with E-state index in [1.54, 1.807) is 0 Å². The monoisotopic (exact) mass is 295 g/mol. The van der Waals surface area contributed by atoms with Crippen molar-refractivity contribution in [1.82, 2.24) is 0 Å². The maximum absolute atomic E-state index is 5.80. The molecule has 114 valence electrons. The van der Waals surface area contributed by atoms with Crippen molar-refractivity contribution in [2.45, 2.75) is 31.8 Å². The first-order chi connectivity index (χ1) is 10.6. The second kappa shape index (κ2) is 6.42. The van der Waals surface area contributed by atoms with Gasteiger partial charge in [-0.3, -0.25) is 4.99 Å². The van der Waals surface area contributed by atoms with Crippen molar-refractivity contribution in [1.29, 1.82) is 0 Å². The van der Waals surface area contributed by atoms with Crippen molar-refractivity contribution in [3.63, 3.8) is 0 Å². The Balaban J connectivity index is 1.84. The van der Waals surface area contributed by atoms with Crippen molar-refractivity contribution in [2.24, 2.45) is 4.99 Å². The summed E-state index contributed by atoms with van der Waals surface area (Å²) >= 11 is 0. The quantitative estimate of drug-likeness (QED) is 0.798. The third-order valence-corrected chi connectivity index (χ3v) is 3.66. The van der Waals surface area contributed by atoms with E-state index < -0.39 is 5.79 Å². The van der Waals surface area contributed by atoms with Crippen LogP contribution in [0.4, 0.5) is 0 Å². The molecular formula is C19H21NO2. The van der Waals surface area contributed by atoms with Crippen LogP contribution in [-0.2, 0) is 9.47 Å². The number of hydrogen-bond donors (Lipinski definition) is 0. The zero-order valence-electron chi connectivity index (χ0n) is 13.0. The second-order valence-corrected chi connectivity index (χ2v) is 5.89. The van der Waals surface area contributed by atoms with Crippen LogP contribution in [0.3, 0.4) is 0 Å². The van der Waals surface area contributed by atoms with Gasteiger partial charge in [-0.05, 0) is 25.0 Å². The summed E-state index contributed by atoms with van der Waals surface area (Å²) in [6.45, 7) is 4.40. The van der Waals surface area contributed by atoms with Gasteiger partial charge >= 0.3 is 0 Å². The van der Waals surface area contributed by atoms with Crippen LogP contribution in [0.1, 0.15) is 31.0 Å². The van der Waals surface area contributed by atoms with Gasteiger partial charge in [-0.15, -0.1) is 0 Å². The highest BCUT2D eigenvalue weighted by Gasteiger charge is 2.31. The summed E-state index contributed by atoms with van der Waals surface area (Å²) < 4.78 is 11.4. The molecule has 0 aromatic heterocycles. The maximum atomic E-state index is 5.80. The van der Waals surface area contributed by atoms with Gasteiger partial charge in [-0.2, -0.15) is 0 Å². The molecule has 1 fully saturated rings. The van der Waals surface area contributed by atoms with Gasteiger partial charge < -0.3 is 9.47 Å². The average Bonchev–Trinajstić information content (AvgIpc) is 2.89. The van der Waals surface area contributed by atoms with E-state index in [0.29, 0.717) is 6.61 Å². The molecule has 0 unspecified atom stereocenters. The van der Waals surface area contributed by atoms with E-state index in [0.717, 1.165) is 0 Å². The van der Waals surface area contributed by atoms with Gasteiger partial charge in [-0.25, -0.2) is 0 Å². The SMILES string of the molecule is CC1(C)OC[C@@H](C=NC(c2ccccc2)c2ccccc2)O1. The Morgan fingerprint density at radius 2 is 1.55 bits per heavy atom. The first kappa shape index (κ1) is 14.9. The van der Waals surface area contributed by atoms with Crippen LogP contribution in [0.25, 0.3) is 0 Å². The van der Waals surface area contributed by atoms with E-state index >= 15 is 0 Å². The molecule has 3 heteroatoms. The molecule has 22 heavy (non-hydrogen) atoms. The van der Waals surface area contributed by atoms with Gasteiger partial charge in [0.05, 0.1) is 12.6 Å². The van der Waals surface area contributed by atoms with Gasteiger partial charge in [0.1, 0.15) is 6.10 Å². The molecule has 0 N–H and O–H groups in total. The number of hydrogen-bond acceptors (Lipinski definition) is 3. The molecule has 1 saturated heterocycles. The molecule has 0 saturated carbocycles. The second-order valence-electron chi connectivity index (χ2n) is 5.89. The molecule has 1 aliphatic rings. The van der Waals surface area contributed by atoms with Crippen molar-refractivity contribution in [3.05, 3.63) is 71.8 Å². The minimum Gasteiger partial charge on any atom is -0.347 e. The molecule has 3 rings (SSSR count). The Hall–Kier alpha value is -1.97. The van der Waals surface area contributed by atoms with Crippen molar-refractivity contribution >= 4 is 6.21 Å². The predicted octanol–water partition coefficient (Wildman–Crippen LogP) is 4.00. The van der Waals surface area contributed by atoms with Crippen LogP contribution in [0.2, 0.25) is 0 Å². The van der Waals surface area contributed by atoms with E-state index in [2.05, 4.69) is 24.3 Å². The molecule has 1 aliphatic heterocycles. The summed E-state index contributed by atoms with van der Waals surface area (Å²) in [4.78, 5) is 4.78. The maximum Gasteiger partial charge on any atom is 0.163 e. The highest BCUT2D eigenvalue weighted by molar-refractivity contribution is 5.64. The van der Waals surface area contributed by atoms with Crippen LogP contribution in [0.5, 0.6) is 0 Å². The third kappa shape index (κ3) is 3.62. The summed E-state index contributed by atoms with van der Waals surface area (Å²) in [7, 11) is 0. The Kier molecular flexibility index (Phi) is 4.36. The predicted molar refractivity (Wildman–Crippen MR) is 88.1 cm³/mol. The fraction of sp³-hybridized carbons (Fsp3) is 0.316. The highest BCUT2D eigenvalue weighted by Crippen LogP contribution is 2.27. The fourth-order valence-electron chi connectivity index (χ4n) is 2.61. The molecule has 1 heterocycles. The van der Waals surface area contributed by atoms with Crippen LogP contribution >= 0.6 is 0 Å². The van der Waals surface area contributed by atoms with Crippen molar-refractivity contribution in [3.8, 4) is 0 Å². The molecule has 0 bridgehead atoms. The number of rotatable bonds is 4. The Morgan fingerprint density at radius 1 is 1.00 bits per heavy atom. The van der Waals surface area contributed by atoms with Gasteiger partial charge in [0.2, 0.25) is 0 Å². The molecule has 2 aromatic carbocycles. The van der Waals surface area contributed by atoms with E-state index in [1.165, 1.54) is 11.1 Å². The molecule has 0 amide bonds.